The molecule has 0 radical (unpaired) electrons. The zero-order valence-corrected chi connectivity index (χ0v) is 45.1. The van der Waals surface area contributed by atoms with E-state index in [1.54, 1.807) is 56.3 Å². The lowest BCUT2D eigenvalue weighted by molar-refractivity contribution is -0.384. The van der Waals surface area contributed by atoms with Gasteiger partial charge in [0.25, 0.3) is 11.6 Å². The number of hydrogen-bond donors (Lipinski definition) is 13. The van der Waals surface area contributed by atoms with Gasteiger partial charge in [-0.15, -0.1) is 0 Å². The highest BCUT2D eigenvalue weighted by atomic mass is 16.6. The van der Waals surface area contributed by atoms with Gasteiger partial charge in [0.1, 0.15) is 48.3 Å². The first-order chi connectivity index (χ1) is 39.1. The largest absolute Gasteiger partial charge is 0.481 e. The van der Waals surface area contributed by atoms with Gasteiger partial charge >= 0.3 is 17.9 Å². The molecule has 3 aromatic carbocycles. The van der Waals surface area contributed by atoms with E-state index < -0.39 is 162 Å². The zero-order chi connectivity index (χ0) is 61.7. The minimum atomic E-state index is -2.07. The minimum absolute atomic E-state index is 0.0293. The summed E-state index contributed by atoms with van der Waals surface area (Å²) in [4.78, 5) is 183. The van der Waals surface area contributed by atoms with E-state index in [0.29, 0.717) is 5.56 Å². The lowest BCUT2D eigenvalue weighted by atomic mass is 10.0. The van der Waals surface area contributed by atoms with E-state index >= 15 is 0 Å². The standard InChI is InChI=1S/C53H66N12O18/c1-27(2)21-34(62-51(78)40-13-8-20-64(40)52(79)33(18-19-41(55)66)57-47(74)35(22-28-9-4-3-5-10-28)58-45(72)31-11-6-7-12-32(31)54)46(73)61-38(25-43(68)69)50(77)60-37(24-42(56)67)49(76)59-36(23-29-14-16-30(17-15-29)65(82)83)48(75)63-39(53(80)81)26-44(70)71/h3-7,9-12,14-17,27,33-40H,8,13,18-26,54H2,1-2H3,(H2,55,66)(H2,56,67)(H,57,74)(H,58,72)(H,59,76)(H,60,77)(H,61,73)(H,62,78)(H,63,75)(H,68,69)(H,70,71)(H,80,81)/t33-,34-,35-,36-,37-,38-,39-,40-/m0/s1. The zero-order valence-electron chi connectivity index (χ0n) is 45.1. The number of carboxylic acids is 3. The van der Waals surface area contributed by atoms with Gasteiger partial charge in [-0.2, -0.15) is 0 Å². The number of carboxylic acid groups (broad SMARTS) is 3. The van der Waals surface area contributed by atoms with Crippen molar-refractivity contribution >= 4 is 88.4 Å². The Bertz CT molecular complexity index is 2920. The number of amides is 10. The highest BCUT2D eigenvalue weighted by molar-refractivity contribution is 6.03. The number of nitrogens with one attached hydrogen (secondary N) is 7. The van der Waals surface area contributed by atoms with Crippen LogP contribution >= 0.6 is 0 Å². The van der Waals surface area contributed by atoms with Crippen molar-refractivity contribution in [2.75, 3.05) is 12.3 Å². The number of benzene rings is 3. The lowest BCUT2D eigenvalue weighted by Gasteiger charge is -2.31. The second-order valence-corrected chi connectivity index (χ2v) is 19.8. The molecule has 83 heavy (non-hydrogen) atoms. The number of nitrogens with two attached hydrogens (primary N) is 3. The Morgan fingerprint density at radius 1 is 0.590 bits per heavy atom. The predicted molar refractivity (Wildman–Crippen MR) is 289 cm³/mol. The number of nitrogen functional groups attached to an aromatic ring is 1. The molecule has 16 N–H and O–H groups in total. The van der Waals surface area contributed by atoms with Crippen molar-refractivity contribution in [2.24, 2.45) is 17.4 Å². The number of non-ortho nitro benzene ring substituents is 1. The van der Waals surface area contributed by atoms with Gasteiger partial charge < -0.3 is 74.6 Å². The Kier molecular flexibility index (Phi) is 24.5. The maximum absolute atomic E-state index is 14.5. The monoisotopic (exact) mass is 1160 g/mol. The highest BCUT2D eigenvalue weighted by Crippen LogP contribution is 2.22. The molecule has 0 spiro atoms. The first-order valence-corrected chi connectivity index (χ1v) is 25.9. The average molecular weight is 1160 g/mol. The van der Waals surface area contributed by atoms with Gasteiger partial charge in [-0.3, -0.25) is 67.6 Å². The summed E-state index contributed by atoms with van der Waals surface area (Å²) in [5.41, 5.74) is 17.5. The van der Waals surface area contributed by atoms with Gasteiger partial charge in [-0.05, 0) is 54.9 Å². The van der Waals surface area contributed by atoms with Crippen LogP contribution < -0.4 is 54.4 Å². The van der Waals surface area contributed by atoms with Crippen molar-refractivity contribution in [1.29, 1.82) is 0 Å². The minimum Gasteiger partial charge on any atom is -0.481 e. The van der Waals surface area contributed by atoms with Crippen LogP contribution in [0.15, 0.2) is 78.9 Å². The molecular weight excluding hydrogens is 1090 g/mol. The van der Waals surface area contributed by atoms with Gasteiger partial charge in [0, 0.05) is 43.6 Å². The summed E-state index contributed by atoms with van der Waals surface area (Å²) in [5, 5.41) is 56.2. The third kappa shape index (κ3) is 20.9. The molecule has 10 amide bonds. The van der Waals surface area contributed by atoms with E-state index in [1.807, 2.05) is 5.32 Å². The Morgan fingerprint density at radius 2 is 1.07 bits per heavy atom. The molecule has 0 aromatic heterocycles. The Balaban J connectivity index is 1.57. The summed E-state index contributed by atoms with van der Waals surface area (Å²) < 4.78 is 0. The maximum atomic E-state index is 14.5. The molecule has 1 fully saturated rings. The summed E-state index contributed by atoms with van der Waals surface area (Å²) in [6.07, 6.45) is -4.55. The molecule has 30 nitrogen and oxygen atoms in total. The molecule has 1 aliphatic rings. The van der Waals surface area contributed by atoms with Gasteiger partial charge in [0.05, 0.1) is 29.7 Å². The number of nitro benzene ring substituents is 1. The molecule has 0 unspecified atom stereocenters. The lowest BCUT2D eigenvalue weighted by Crippen LogP contribution is -2.61. The molecule has 1 saturated heterocycles. The Hall–Kier alpha value is -10.0. The second-order valence-electron chi connectivity index (χ2n) is 19.8. The number of anilines is 1. The smallest absolute Gasteiger partial charge is 0.326 e. The van der Waals surface area contributed by atoms with Crippen LogP contribution in [0.4, 0.5) is 11.4 Å². The van der Waals surface area contributed by atoms with Gasteiger partial charge in [0.15, 0.2) is 0 Å². The molecule has 30 heteroatoms. The van der Waals surface area contributed by atoms with E-state index in [2.05, 4.69) is 31.9 Å². The number of primary amides is 2. The summed E-state index contributed by atoms with van der Waals surface area (Å²) in [5.74, 6) is -16.0. The molecule has 0 bridgehead atoms. The summed E-state index contributed by atoms with van der Waals surface area (Å²) in [6, 6.07) is 5.50. The highest BCUT2D eigenvalue weighted by Gasteiger charge is 2.41. The van der Waals surface area contributed by atoms with Crippen LogP contribution in [0.5, 0.6) is 0 Å². The molecule has 8 atom stereocenters. The van der Waals surface area contributed by atoms with Crippen molar-refractivity contribution in [3.05, 3.63) is 106 Å². The van der Waals surface area contributed by atoms with Crippen LogP contribution in [0.3, 0.4) is 0 Å². The van der Waals surface area contributed by atoms with Crippen LogP contribution in [0.2, 0.25) is 0 Å². The van der Waals surface area contributed by atoms with Crippen molar-refractivity contribution in [3.8, 4) is 0 Å². The van der Waals surface area contributed by atoms with Crippen LogP contribution in [0, 0.1) is 16.0 Å². The number of rotatable bonds is 32. The van der Waals surface area contributed by atoms with Gasteiger partial charge in [-0.1, -0.05) is 68.4 Å². The van der Waals surface area contributed by atoms with E-state index in [1.165, 1.54) is 24.3 Å². The number of carbonyl (C=O) groups is 13. The fourth-order valence-electron chi connectivity index (χ4n) is 8.75. The maximum Gasteiger partial charge on any atom is 0.326 e. The molecule has 0 aliphatic carbocycles. The van der Waals surface area contributed by atoms with E-state index in [-0.39, 0.29) is 67.1 Å². The average Bonchev–Trinajstić information content (AvgIpc) is 4.07. The number of para-hydroxylation sites is 1. The van der Waals surface area contributed by atoms with Crippen LogP contribution in [-0.2, 0) is 70.4 Å². The first kappa shape index (κ1) is 65.5. The molecule has 1 aliphatic heterocycles. The first-order valence-electron chi connectivity index (χ1n) is 25.9. The number of aliphatic carboxylic acids is 3. The van der Waals surface area contributed by atoms with Crippen molar-refractivity contribution < 1.29 is 82.6 Å². The molecule has 0 saturated carbocycles. The normalized spacial score (nSPS) is 15.3. The Labute approximate surface area is 473 Å². The van der Waals surface area contributed by atoms with E-state index in [9.17, 15) is 87.8 Å². The summed E-state index contributed by atoms with van der Waals surface area (Å²) >= 11 is 0. The van der Waals surface area contributed by atoms with Crippen molar-refractivity contribution in [3.63, 3.8) is 0 Å². The van der Waals surface area contributed by atoms with Crippen LogP contribution in [0.1, 0.15) is 86.7 Å². The van der Waals surface area contributed by atoms with Crippen molar-refractivity contribution in [2.45, 2.75) is 126 Å². The molecule has 446 valence electrons. The van der Waals surface area contributed by atoms with E-state index in [4.69, 9.17) is 17.2 Å². The number of likely N-dealkylation sites (tertiary alicyclic amines) is 1. The fraction of sp³-hybridized carbons (Fsp3) is 0.415. The fourth-order valence-corrected chi connectivity index (χ4v) is 8.75. The number of hydrogen-bond acceptors (Lipinski definition) is 16. The number of nitro groups is 1. The third-order valence-electron chi connectivity index (χ3n) is 12.8. The van der Waals surface area contributed by atoms with E-state index in [0.717, 1.165) is 17.0 Å². The molecule has 4 rings (SSSR count). The second kappa shape index (κ2) is 31.1. The number of carbonyl (C=O) groups excluding carboxylic acids is 10. The van der Waals surface area contributed by atoms with Crippen molar-refractivity contribution in [1.82, 2.24) is 42.1 Å². The van der Waals surface area contributed by atoms with Gasteiger partial charge in [0.2, 0.25) is 53.2 Å². The summed E-state index contributed by atoms with van der Waals surface area (Å²) in [6.45, 7) is 3.27. The summed E-state index contributed by atoms with van der Waals surface area (Å²) in [7, 11) is 0. The van der Waals surface area contributed by atoms with Gasteiger partial charge in [-0.25, -0.2) is 4.79 Å². The number of nitrogens with zero attached hydrogens (tertiary/aromatic N) is 2. The molecule has 3 aromatic rings. The van der Waals surface area contributed by atoms with Crippen LogP contribution in [0.25, 0.3) is 0 Å². The molecular formula is C53H66N12O18. The SMILES string of the molecule is CC(C)C[C@H](NC(=O)[C@@H]1CCCN1C(=O)[C@H](CCC(N)=O)NC(=O)[C@H](Cc1ccccc1)NC(=O)c1ccccc1N)C(=O)N[C@@H](CC(=O)O)C(=O)N[C@@H](CC(N)=O)C(=O)N[C@@H](Cc1ccc([N+](=O)[O-])cc1)C(=O)N[C@@H](CC(=O)O)C(=O)O. The molecule has 1 heterocycles. The van der Waals surface area contributed by atoms with Crippen LogP contribution in [-0.4, -0.2) is 157 Å². The quantitative estimate of drug-likeness (QED) is 0.0181. The third-order valence-corrected chi connectivity index (χ3v) is 12.8. The Morgan fingerprint density at radius 3 is 1.60 bits per heavy atom. The predicted octanol–water partition coefficient (Wildman–Crippen LogP) is -2.12. The topological polar surface area (TPSA) is 491 Å².